The molecule has 1 aliphatic heterocycles. The molecule has 0 radical (unpaired) electrons. The first kappa shape index (κ1) is 21.5. The minimum absolute atomic E-state index is 0.0237. The van der Waals surface area contributed by atoms with Crippen LogP contribution in [0.4, 0.5) is 4.39 Å². The first-order valence-electron chi connectivity index (χ1n) is 9.56. The molecule has 3 aromatic carbocycles. The highest BCUT2D eigenvalue weighted by atomic mass is 79.9. The van der Waals surface area contributed by atoms with Gasteiger partial charge in [0.05, 0.1) is 17.5 Å². The van der Waals surface area contributed by atoms with Crippen molar-refractivity contribution in [2.45, 2.75) is 12.5 Å². The first-order valence-corrected chi connectivity index (χ1v) is 10.4. The van der Waals surface area contributed by atoms with Crippen LogP contribution in [0, 0.1) is 17.1 Å². The number of aromatic hydroxyl groups is 1. The second kappa shape index (κ2) is 8.81. The standard InChI is InChI=1S/C24H18BrFN2O4/c1-30-21-9-14(8-19(25)23(21)31-12-13-3-2-4-15(26)7-13)22-17-6-5-16(29)10-20(17)32-24(28)18(22)11-27/h2-10,22,29H,12,28H2,1H3/t22-/m0/s1. The van der Waals surface area contributed by atoms with Gasteiger partial charge in [-0.2, -0.15) is 5.26 Å². The van der Waals surface area contributed by atoms with Crippen LogP contribution >= 0.6 is 15.9 Å². The molecule has 1 heterocycles. The summed E-state index contributed by atoms with van der Waals surface area (Å²) in [5, 5.41) is 19.6. The summed E-state index contributed by atoms with van der Waals surface area (Å²) in [5.74, 6) is 0.347. The maximum atomic E-state index is 13.5. The Morgan fingerprint density at radius 1 is 1.22 bits per heavy atom. The highest BCUT2D eigenvalue weighted by Crippen LogP contribution is 2.47. The molecule has 4 rings (SSSR count). The molecule has 3 N–H and O–H groups in total. The van der Waals surface area contributed by atoms with Gasteiger partial charge in [0.15, 0.2) is 11.5 Å². The van der Waals surface area contributed by atoms with Crippen molar-refractivity contribution in [3.63, 3.8) is 0 Å². The van der Waals surface area contributed by atoms with Crippen LogP contribution in [0.15, 0.2) is 70.5 Å². The molecule has 0 spiro atoms. The molecule has 162 valence electrons. The number of halogens is 2. The van der Waals surface area contributed by atoms with Crippen molar-refractivity contribution in [3.05, 3.63) is 93.0 Å². The Kier molecular flexibility index (Phi) is 5.93. The number of nitrogens with zero attached hydrogens (tertiary/aromatic N) is 1. The lowest BCUT2D eigenvalue weighted by molar-refractivity contribution is 0.282. The van der Waals surface area contributed by atoms with Crippen LogP contribution in [-0.4, -0.2) is 12.2 Å². The predicted molar refractivity (Wildman–Crippen MR) is 119 cm³/mol. The molecule has 0 aliphatic carbocycles. The smallest absolute Gasteiger partial charge is 0.205 e. The molecule has 0 aromatic heterocycles. The minimum atomic E-state index is -0.535. The van der Waals surface area contributed by atoms with Gasteiger partial charge in [-0.25, -0.2) is 4.39 Å². The molecule has 0 bridgehead atoms. The molecule has 32 heavy (non-hydrogen) atoms. The highest BCUT2D eigenvalue weighted by molar-refractivity contribution is 9.10. The molecule has 0 fully saturated rings. The van der Waals surface area contributed by atoms with E-state index in [1.54, 1.807) is 30.3 Å². The van der Waals surface area contributed by atoms with E-state index in [9.17, 15) is 14.8 Å². The van der Waals surface area contributed by atoms with Gasteiger partial charge < -0.3 is 25.1 Å². The van der Waals surface area contributed by atoms with Crippen LogP contribution in [0.25, 0.3) is 0 Å². The second-order valence-corrected chi connectivity index (χ2v) is 7.95. The average Bonchev–Trinajstić information content (AvgIpc) is 2.76. The number of fused-ring (bicyclic) bond motifs is 1. The zero-order valence-electron chi connectivity index (χ0n) is 16.9. The maximum Gasteiger partial charge on any atom is 0.205 e. The third-order valence-corrected chi connectivity index (χ3v) is 5.65. The van der Waals surface area contributed by atoms with E-state index in [2.05, 4.69) is 22.0 Å². The number of phenols is 1. The van der Waals surface area contributed by atoms with Gasteiger partial charge in [-0.05, 0) is 57.4 Å². The number of allylic oxidation sites excluding steroid dienone is 1. The fourth-order valence-corrected chi connectivity index (χ4v) is 4.19. The lowest BCUT2D eigenvalue weighted by atomic mass is 9.83. The van der Waals surface area contributed by atoms with Crippen molar-refractivity contribution in [1.82, 2.24) is 0 Å². The van der Waals surface area contributed by atoms with Crippen molar-refractivity contribution in [1.29, 1.82) is 5.26 Å². The number of methoxy groups -OCH3 is 1. The summed E-state index contributed by atoms with van der Waals surface area (Å²) in [6.45, 7) is 0.141. The van der Waals surface area contributed by atoms with Crippen LogP contribution in [0.1, 0.15) is 22.6 Å². The van der Waals surface area contributed by atoms with Crippen LogP contribution in [-0.2, 0) is 6.61 Å². The molecule has 8 heteroatoms. The van der Waals surface area contributed by atoms with Crippen LogP contribution < -0.4 is 19.9 Å². The highest BCUT2D eigenvalue weighted by Gasteiger charge is 2.32. The van der Waals surface area contributed by atoms with E-state index >= 15 is 0 Å². The van der Waals surface area contributed by atoms with Gasteiger partial charge >= 0.3 is 0 Å². The number of hydrogen-bond donors (Lipinski definition) is 2. The molecule has 0 amide bonds. The number of hydrogen-bond acceptors (Lipinski definition) is 6. The molecule has 0 saturated heterocycles. The second-order valence-electron chi connectivity index (χ2n) is 7.10. The van der Waals surface area contributed by atoms with Crippen molar-refractivity contribution in [3.8, 4) is 29.1 Å². The Labute approximate surface area is 192 Å². The molecule has 1 aliphatic rings. The van der Waals surface area contributed by atoms with Crippen molar-refractivity contribution >= 4 is 15.9 Å². The zero-order chi connectivity index (χ0) is 22.8. The summed E-state index contributed by atoms with van der Waals surface area (Å²) < 4.78 is 31.1. The molecule has 0 unspecified atom stereocenters. The number of rotatable bonds is 5. The third kappa shape index (κ3) is 4.07. The lowest BCUT2D eigenvalue weighted by Crippen LogP contribution is -2.21. The topological polar surface area (TPSA) is 97.7 Å². The van der Waals surface area contributed by atoms with E-state index in [4.69, 9.17) is 19.9 Å². The maximum absolute atomic E-state index is 13.5. The molecule has 0 saturated carbocycles. The van der Waals surface area contributed by atoms with Crippen LogP contribution in [0.2, 0.25) is 0 Å². The summed E-state index contributed by atoms with van der Waals surface area (Å²) >= 11 is 3.52. The summed E-state index contributed by atoms with van der Waals surface area (Å²) in [4.78, 5) is 0. The molecule has 6 nitrogen and oxygen atoms in total. The van der Waals surface area contributed by atoms with Crippen molar-refractivity contribution < 1.29 is 23.7 Å². The van der Waals surface area contributed by atoms with E-state index in [-0.39, 0.29) is 29.6 Å². The zero-order valence-corrected chi connectivity index (χ0v) is 18.5. The van der Waals surface area contributed by atoms with Gasteiger partial charge in [0.1, 0.15) is 35.6 Å². The first-order chi connectivity index (χ1) is 15.4. The Balaban J connectivity index is 1.75. The van der Waals surface area contributed by atoms with Gasteiger partial charge in [-0.15, -0.1) is 0 Å². The SMILES string of the molecule is COc1cc([C@@H]2C(C#N)=C(N)Oc3cc(O)ccc32)cc(Br)c1OCc1cccc(F)c1. The largest absolute Gasteiger partial charge is 0.508 e. The van der Waals surface area contributed by atoms with Crippen LogP contribution in [0.3, 0.4) is 0 Å². The Hall–Kier alpha value is -3.70. The number of nitrogens with two attached hydrogens (primary N) is 1. The van der Waals surface area contributed by atoms with E-state index in [1.807, 2.05) is 0 Å². The predicted octanol–water partition coefficient (Wildman–Crippen LogP) is 5.10. The van der Waals surface area contributed by atoms with E-state index in [1.165, 1.54) is 31.4 Å². The minimum Gasteiger partial charge on any atom is -0.508 e. The summed E-state index contributed by atoms with van der Waals surface area (Å²) in [7, 11) is 1.51. The fraction of sp³-hybridized carbons (Fsp3) is 0.125. The Morgan fingerprint density at radius 3 is 2.75 bits per heavy atom. The van der Waals surface area contributed by atoms with Gasteiger partial charge in [-0.3, -0.25) is 0 Å². The molecular weight excluding hydrogens is 479 g/mol. The summed E-state index contributed by atoms with van der Waals surface area (Å²) in [5.41, 5.74) is 8.30. The Morgan fingerprint density at radius 2 is 2.03 bits per heavy atom. The quantitative estimate of drug-likeness (QED) is 0.509. The van der Waals surface area contributed by atoms with Gasteiger partial charge in [0, 0.05) is 11.6 Å². The average molecular weight is 497 g/mol. The Bertz CT molecular complexity index is 1270. The number of benzene rings is 3. The molecular formula is C24H18BrFN2O4. The van der Waals surface area contributed by atoms with Crippen LogP contribution in [0.5, 0.6) is 23.0 Å². The van der Waals surface area contributed by atoms with Crippen molar-refractivity contribution in [2.75, 3.05) is 7.11 Å². The van der Waals surface area contributed by atoms with E-state index < -0.39 is 5.92 Å². The van der Waals surface area contributed by atoms with Gasteiger partial charge in [-0.1, -0.05) is 18.2 Å². The summed E-state index contributed by atoms with van der Waals surface area (Å²) in [6, 6.07) is 16.5. The molecule has 1 atom stereocenters. The molecule has 3 aromatic rings. The monoisotopic (exact) mass is 496 g/mol. The van der Waals surface area contributed by atoms with E-state index in [0.29, 0.717) is 38.4 Å². The van der Waals surface area contributed by atoms with Gasteiger partial charge in [0.25, 0.3) is 0 Å². The summed E-state index contributed by atoms with van der Waals surface area (Å²) in [6.07, 6.45) is 0. The number of phenolic OH excluding ortho intramolecular Hbond substituents is 1. The fourth-order valence-electron chi connectivity index (χ4n) is 3.62. The van der Waals surface area contributed by atoms with E-state index in [0.717, 1.165) is 0 Å². The number of ether oxygens (including phenoxy) is 3. The number of nitriles is 1. The normalized spacial score (nSPS) is 14.9. The third-order valence-electron chi connectivity index (χ3n) is 5.06. The van der Waals surface area contributed by atoms with Gasteiger partial charge in [0.2, 0.25) is 5.88 Å². The lowest BCUT2D eigenvalue weighted by Gasteiger charge is -2.27. The van der Waals surface area contributed by atoms with Crippen molar-refractivity contribution in [2.24, 2.45) is 5.73 Å².